The predicted octanol–water partition coefficient (Wildman–Crippen LogP) is 2.79. The molecule has 4 heteroatoms. The van der Waals surface area contributed by atoms with Gasteiger partial charge in [0.25, 0.3) is 5.91 Å². The second kappa shape index (κ2) is 7.43. The summed E-state index contributed by atoms with van der Waals surface area (Å²) in [7, 11) is 0. The van der Waals surface area contributed by atoms with E-state index in [2.05, 4.69) is 15.6 Å². The number of rotatable bonds is 6. The third-order valence-electron chi connectivity index (χ3n) is 3.24. The number of carbonyl (C=O) groups excluding carboxylic acids is 1. The number of anilines is 1. The summed E-state index contributed by atoms with van der Waals surface area (Å²) >= 11 is 0. The maximum Gasteiger partial charge on any atom is 0.253 e. The Morgan fingerprint density at radius 3 is 2.67 bits per heavy atom. The van der Waals surface area contributed by atoms with Gasteiger partial charge in [0, 0.05) is 31.2 Å². The fourth-order valence-corrected chi connectivity index (χ4v) is 2.16. The van der Waals surface area contributed by atoms with E-state index in [1.807, 2.05) is 44.2 Å². The third kappa shape index (κ3) is 4.31. The van der Waals surface area contributed by atoms with Crippen LogP contribution in [0.3, 0.4) is 0 Å². The molecule has 2 N–H and O–H groups in total. The highest BCUT2D eigenvalue weighted by Crippen LogP contribution is 2.17. The van der Waals surface area contributed by atoms with Gasteiger partial charge in [-0.3, -0.25) is 9.78 Å². The second-order valence-corrected chi connectivity index (χ2v) is 4.94. The summed E-state index contributed by atoms with van der Waals surface area (Å²) in [6, 6.07) is 9.75. The van der Waals surface area contributed by atoms with E-state index in [9.17, 15) is 4.79 Å². The lowest BCUT2D eigenvalue weighted by molar-refractivity contribution is 0.0955. The van der Waals surface area contributed by atoms with E-state index in [1.165, 1.54) is 5.56 Å². The largest absolute Gasteiger partial charge is 0.385 e. The first-order valence-electron chi connectivity index (χ1n) is 7.22. The van der Waals surface area contributed by atoms with Crippen LogP contribution in [0.4, 0.5) is 5.69 Å². The molecule has 1 amide bonds. The van der Waals surface area contributed by atoms with Gasteiger partial charge in [-0.2, -0.15) is 0 Å². The predicted molar refractivity (Wildman–Crippen MR) is 85.6 cm³/mol. The van der Waals surface area contributed by atoms with E-state index >= 15 is 0 Å². The van der Waals surface area contributed by atoms with Crippen molar-refractivity contribution < 1.29 is 4.79 Å². The standard InChI is InChI=1S/C17H21N3O/c1-3-19-16-12-13(2)4-5-15(16)17(21)20-11-8-14-6-9-18-10-7-14/h4-7,9-10,12,19H,3,8,11H2,1-2H3,(H,20,21). The van der Waals surface area contributed by atoms with Crippen molar-refractivity contribution in [3.8, 4) is 0 Å². The molecular formula is C17H21N3O. The zero-order chi connectivity index (χ0) is 15.1. The van der Waals surface area contributed by atoms with Crippen LogP contribution in [-0.2, 0) is 6.42 Å². The fourth-order valence-electron chi connectivity index (χ4n) is 2.16. The molecule has 0 aliphatic rings. The Bertz CT molecular complexity index is 596. The molecule has 0 spiro atoms. The minimum absolute atomic E-state index is 0.0417. The topological polar surface area (TPSA) is 54.0 Å². The zero-order valence-electron chi connectivity index (χ0n) is 12.5. The Balaban J connectivity index is 1.97. The van der Waals surface area contributed by atoms with Crippen LogP contribution in [0.15, 0.2) is 42.7 Å². The summed E-state index contributed by atoms with van der Waals surface area (Å²) in [5.41, 5.74) is 3.89. The monoisotopic (exact) mass is 283 g/mol. The van der Waals surface area contributed by atoms with Crippen molar-refractivity contribution in [1.82, 2.24) is 10.3 Å². The smallest absolute Gasteiger partial charge is 0.253 e. The van der Waals surface area contributed by atoms with Crippen LogP contribution in [0, 0.1) is 6.92 Å². The van der Waals surface area contributed by atoms with Crippen LogP contribution in [0.2, 0.25) is 0 Å². The number of pyridine rings is 1. The average molecular weight is 283 g/mol. The summed E-state index contributed by atoms with van der Waals surface area (Å²) in [6.07, 6.45) is 4.33. The number of aromatic nitrogens is 1. The molecular weight excluding hydrogens is 262 g/mol. The van der Waals surface area contributed by atoms with Gasteiger partial charge in [0.15, 0.2) is 0 Å². The van der Waals surface area contributed by atoms with Crippen molar-refractivity contribution in [2.45, 2.75) is 20.3 Å². The van der Waals surface area contributed by atoms with Crippen LogP contribution >= 0.6 is 0 Å². The molecule has 1 aromatic carbocycles. The minimum Gasteiger partial charge on any atom is -0.385 e. The van der Waals surface area contributed by atoms with E-state index < -0.39 is 0 Å². The molecule has 1 heterocycles. The minimum atomic E-state index is -0.0417. The van der Waals surface area contributed by atoms with Gasteiger partial charge >= 0.3 is 0 Å². The van der Waals surface area contributed by atoms with Crippen molar-refractivity contribution in [2.75, 3.05) is 18.4 Å². The van der Waals surface area contributed by atoms with E-state index in [0.29, 0.717) is 12.1 Å². The Morgan fingerprint density at radius 2 is 1.95 bits per heavy atom. The van der Waals surface area contributed by atoms with Crippen LogP contribution < -0.4 is 10.6 Å². The van der Waals surface area contributed by atoms with Gasteiger partial charge in [-0.1, -0.05) is 6.07 Å². The SMILES string of the molecule is CCNc1cc(C)ccc1C(=O)NCCc1ccncc1. The second-order valence-electron chi connectivity index (χ2n) is 4.94. The van der Waals surface area contributed by atoms with E-state index in [1.54, 1.807) is 12.4 Å². The van der Waals surface area contributed by atoms with Crippen LogP contribution in [0.5, 0.6) is 0 Å². The first-order chi connectivity index (χ1) is 10.2. The number of hydrogen-bond donors (Lipinski definition) is 2. The van der Waals surface area contributed by atoms with Crippen molar-refractivity contribution in [1.29, 1.82) is 0 Å². The van der Waals surface area contributed by atoms with Gasteiger partial charge in [0.2, 0.25) is 0 Å². The molecule has 110 valence electrons. The summed E-state index contributed by atoms with van der Waals surface area (Å²) in [4.78, 5) is 16.3. The highest BCUT2D eigenvalue weighted by Gasteiger charge is 2.10. The lowest BCUT2D eigenvalue weighted by Crippen LogP contribution is -2.26. The van der Waals surface area contributed by atoms with Crippen LogP contribution in [-0.4, -0.2) is 24.0 Å². The number of aryl methyl sites for hydroxylation is 1. The number of nitrogens with zero attached hydrogens (tertiary/aromatic N) is 1. The Hall–Kier alpha value is -2.36. The maximum absolute atomic E-state index is 12.3. The summed E-state index contributed by atoms with van der Waals surface area (Å²) in [5.74, 6) is -0.0417. The van der Waals surface area contributed by atoms with Gasteiger partial charge in [-0.05, 0) is 55.7 Å². The Labute approximate surface area is 125 Å². The van der Waals surface area contributed by atoms with E-state index in [0.717, 1.165) is 24.2 Å². The zero-order valence-corrected chi connectivity index (χ0v) is 12.5. The highest BCUT2D eigenvalue weighted by molar-refractivity contribution is 5.99. The molecule has 0 aliphatic carbocycles. The number of benzene rings is 1. The number of amides is 1. The molecule has 2 aromatic rings. The molecule has 4 nitrogen and oxygen atoms in total. The maximum atomic E-state index is 12.3. The molecule has 1 aromatic heterocycles. The molecule has 0 fully saturated rings. The number of carbonyl (C=O) groups is 1. The summed E-state index contributed by atoms with van der Waals surface area (Å²) in [5, 5.41) is 6.20. The van der Waals surface area contributed by atoms with Gasteiger partial charge in [0.1, 0.15) is 0 Å². The van der Waals surface area contributed by atoms with Gasteiger partial charge < -0.3 is 10.6 Å². The molecule has 0 aliphatic heterocycles. The summed E-state index contributed by atoms with van der Waals surface area (Å²) < 4.78 is 0. The number of nitrogens with one attached hydrogen (secondary N) is 2. The molecule has 2 rings (SSSR count). The first-order valence-corrected chi connectivity index (χ1v) is 7.22. The third-order valence-corrected chi connectivity index (χ3v) is 3.24. The van der Waals surface area contributed by atoms with Gasteiger partial charge in [0.05, 0.1) is 5.56 Å². The first kappa shape index (κ1) is 15.0. The highest BCUT2D eigenvalue weighted by atomic mass is 16.1. The average Bonchev–Trinajstić information content (AvgIpc) is 2.49. The normalized spacial score (nSPS) is 10.2. The van der Waals surface area contributed by atoms with E-state index in [4.69, 9.17) is 0 Å². The van der Waals surface area contributed by atoms with Crippen LogP contribution in [0.25, 0.3) is 0 Å². The molecule has 0 saturated carbocycles. The molecule has 0 saturated heterocycles. The fraction of sp³-hybridized carbons (Fsp3) is 0.294. The van der Waals surface area contributed by atoms with Crippen molar-refractivity contribution in [3.05, 3.63) is 59.4 Å². The van der Waals surface area contributed by atoms with Crippen molar-refractivity contribution >= 4 is 11.6 Å². The van der Waals surface area contributed by atoms with Gasteiger partial charge in [-0.25, -0.2) is 0 Å². The van der Waals surface area contributed by atoms with E-state index in [-0.39, 0.29) is 5.91 Å². The Morgan fingerprint density at radius 1 is 1.19 bits per heavy atom. The molecule has 0 atom stereocenters. The summed E-state index contributed by atoms with van der Waals surface area (Å²) in [6.45, 7) is 5.45. The molecule has 21 heavy (non-hydrogen) atoms. The van der Waals surface area contributed by atoms with Crippen molar-refractivity contribution in [3.63, 3.8) is 0 Å². The van der Waals surface area contributed by atoms with Crippen molar-refractivity contribution in [2.24, 2.45) is 0 Å². The Kier molecular flexibility index (Phi) is 5.32. The molecule has 0 bridgehead atoms. The lowest BCUT2D eigenvalue weighted by atomic mass is 10.1. The molecule has 0 radical (unpaired) electrons. The van der Waals surface area contributed by atoms with Gasteiger partial charge in [-0.15, -0.1) is 0 Å². The lowest BCUT2D eigenvalue weighted by Gasteiger charge is -2.12. The quantitative estimate of drug-likeness (QED) is 0.857. The molecule has 0 unspecified atom stereocenters. The number of hydrogen-bond acceptors (Lipinski definition) is 3. The van der Waals surface area contributed by atoms with Crippen LogP contribution in [0.1, 0.15) is 28.4 Å².